The van der Waals surface area contributed by atoms with E-state index in [0.717, 1.165) is 25.7 Å². The third-order valence-electron chi connectivity index (χ3n) is 5.29. The fraction of sp³-hybridized carbons (Fsp3) is 0.846. The minimum atomic E-state index is -4.08. The van der Waals surface area contributed by atoms with Gasteiger partial charge < -0.3 is 18.9 Å². The van der Waals surface area contributed by atoms with Crippen molar-refractivity contribution < 1.29 is 32.5 Å². The summed E-state index contributed by atoms with van der Waals surface area (Å²) in [5.41, 5.74) is 0. The van der Waals surface area contributed by atoms with Gasteiger partial charge in [0.25, 0.3) is 0 Å². The number of phosphoric ester groups is 1. The normalized spacial score (nSPS) is 15.4. The minimum Gasteiger partial charge on any atom is -0.379 e. The number of ether oxygens (including phenoxy) is 2. The van der Waals surface area contributed by atoms with Crippen LogP contribution in [0.4, 0.5) is 0 Å². The zero-order valence-electron chi connectivity index (χ0n) is 22.6. The van der Waals surface area contributed by atoms with E-state index in [1.807, 2.05) is 21.1 Å². The van der Waals surface area contributed by atoms with Crippen molar-refractivity contribution in [2.45, 2.75) is 83.7 Å². The van der Waals surface area contributed by atoms with Crippen LogP contribution in [0.15, 0.2) is 24.3 Å². The lowest BCUT2D eigenvalue weighted by Gasteiger charge is -2.24. The molecule has 0 spiro atoms. The third kappa shape index (κ3) is 24.6. The number of allylic oxidation sites excluding steroid dienone is 4. The van der Waals surface area contributed by atoms with Gasteiger partial charge in [-0.2, -0.15) is 0 Å². The van der Waals surface area contributed by atoms with Crippen LogP contribution in [0.1, 0.15) is 77.6 Å². The summed E-state index contributed by atoms with van der Waals surface area (Å²) in [5, 5.41) is 0. The van der Waals surface area contributed by atoms with Crippen molar-refractivity contribution in [3.8, 4) is 0 Å². The van der Waals surface area contributed by atoms with E-state index in [1.54, 1.807) is 0 Å². The van der Waals surface area contributed by atoms with Gasteiger partial charge in [0, 0.05) is 13.7 Å². The summed E-state index contributed by atoms with van der Waals surface area (Å²) in [5.74, 6) is 0. The Labute approximate surface area is 209 Å². The fourth-order valence-corrected chi connectivity index (χ4v) is 3.75. The molecule has 0 bridgehead atoms. The number of phosphoric acid groups is 1. The molecule has 0 aromatic rings. The second-order valence-corrected chi connectivity index (χ2v) is 11.2. The van der Waals surface area contributed by atoms with Crippen molar-refractivity contribution >= 4 is 7.82 Å². The van der Waals surface area contributed by atoms with Gasteiger partial charge in [-0.1, -0.05) is 50.5 Å². The first-order valence-corrected chi connectivity index (χ1v) is 14.5. The highest BCUT2D eigenvalue weighted by Crippen LogP contribution is 2.43. The van der Waals surface area contributed by atoms with Crippen molar-refractivity contribution in [2.24, 2.45) is 0 Å². The van der Waals surface area contributed by atoms with Crippen molar-refractivity contribution in [3.63, 3.8) is 0 Å². The van der Waals surface area contributed by atoms with Crippen molar-refractivity contribution in [1.29, 1.82) is 0 Å². The Kier molecular flexibility index (Phi) is 21.4. The molecule has 1 unspecified atom stereocenters. The number of quaternary nitrogens is 1. The molecule has 0 aliphatic carbocycles. The molecule has 0 radical (unpaired) electrons. The molecule has 0 rings (SSSR count). The predicted octanol–water partition coefficient (Wildman–Crippen LogP) is 6.28. The summed E-state index contributed by atoms with van der Waals surface area (Å²) in [4.78, 5) is 9.78. The van der Waals surface area contributed by atoms with Gasteiger partial charge in [0.2, 0.25) is 0 Å². The van der Waals surface area contributed by atoms with Gasteiger partial charge in [-0.15, -0.1) is 0 Å². The second-order valence-electron chi connectivity index (χ2n) is 9.76. The van der Waals surface area contributed by atoms with E-state index in [2.05, 4.69) is 31.2 Å². The first-order valence-electron chi connectivity index (χ1n) is 13.0. The zero-order valence-corrected chi connectivity index (χ0v) is 23.5. The average molecular weight is 507 g/mol. The summed E-state index contributed by atoms with van der Waals surface area (Å²) >= 11 is 0. The maximum absolute atomic E-state index is 12.0. The second kappa shape index (κ2) is 21.7. The van der Waals surface area contributed by atoms with Gasteiger partial charge in [-0.25, -0.2) is 4.57 Å². The Bertz CT molecular complexity index is 562. The summed E-state index contributed by atoms with van der Waals surface area (Å²) in [6.45, 7) is 3.91. The molecule has 0 amide bonds. The minimum absolute atomic E-state index is 0.0470. The van der Waals surface area contributed by atoms with Crippen molar-refractivity contribution in [1.82, 2.24) is 0 Å². The number of methoxy groups -OCH3 is 1. The highest BCUT2D eigenvalue weighted by Gasteiger charge is 2.24. The Morgan fingerprint density at radius 2 is 1.35 bits per heavy atom. The fourth-order valence-electron chi connectivity index (χ4n) is 3.00. The van der Waals surface area contributed by atoms with E-state index in [1.165, 1.54) is 52.1 Å². The molecule has 0 aliphatic heterocycles. The molecule has 0 aliphatic rings. The third-order valence-corrected chi connectivity index (χ3v) is 6.27. The van der Waals surface area contributed by atoms with Crippen molar-refractivity contribution in [3.05, 3.63) is 24.3 Å². The summed E-state index contributed by atoms with van der Waals surface area (Å²) < 4.78 is 33.6. The molecule has 0 fully saturated rings. The maximum Gasteiger partial charge on any atom is 0.472 e. The summed E-state index contributed by atoms with van der Waals surface area (Å²) in [6.07, 6.45) is 22.0. The van der Waals surface area contributed by atoms with E-state index in [9.17, 15) is 9.46 Å². The van der Waals surface area contributed by atoms with Gasteiger partial charge in [-0.05, 0) is 51.4 Å². The lowest BCUT2D eigenvalue weighted by atomic mass is 10.1. The van der Waals surface area contributed by atoms with E-state index < -0.39 is 13.9 Å². The molecule has 0 saturated heterocycles. The smallest absolute Gasteiger partial charge is 0.379 e. The summed E-state index contributed by atoms with van der Waals surface area (Å²) in [6, 6.07) is 0. The van der Waals surface area contributed by atoms with Crippen LogP contribution in [0.5, 0.6) is 0 Å². The first kappa shape index (κ1) is 33.5. The van der Waals surface area contributed by atoms with Crippen LogP contribution in [0.3, 0.4) is 0 Å². The predicted molar refractivity (Wildman–Crippen MR) is 141 cm³/mol. The van der Waals surface area contributed by atoms with Crippen LogP contribution in [0.2, 0.25) is 0 Å². The Balaban J connectivity index is 3.63. The van der Waals surface area contributed by atoms with Gasteiger partial charge in [0.05, 0.1) is 34.4 Å². The van der Waals surface area contributed by atoms with E-state index >= 15 is 0 Å². The topological polar surface area (TPSA) is 74.2 Å². The molecular weight excluding hydrogens is 453 g/mol. The monoisotopic (exact) mass is 506 g/mol. The van der Waals surface area contributed by atoms with Crippen molar-refractivity contribution in [2.75, 3.05) is 61.2 Å². The van der Waals surface area contributed by atoms with Crippen LogP contribution >= 0.6 is 7.82 Å². The number of hydrogen-bond acceptors (Lipinski definition) is 5. The quantitative estimate of drug-likeness (QED) is 0.0719. The maximum atomic E-state index is 12.0. The van der Waals surface area contributed by atoms with E-state index in [0.29, 0.717) is 24.2 Å². The molecule has 0 aromatic carbocycles. The number of unbranched alkanes of at least 4 members (excludes halogenated alkanes) is 8. The number of nitrogens with zero attached hydrogens (tertiary/aromatic N) is 1. The van der Waals surface area contributed by atoms with Gasteiger partial charge in [0.1, 0.15) is 19.3 Å². The Morgan fingerprint density at radius 1 is 0.794 bits per heavy atom. The molecule has 202 valence electrons. The Morgan fingerprint density at radius 3 is 1.88 bits per heavy atom. The lowest BCUT2D eigenvalue weighted by molar-refractivity contribution is -0.870. The lowest BCUT2D eigenvalue weighted by Crippen LogP contribution is -2.37. The highest BCUT2D eigenvalue weighted by molar-refractivity contribution is 7.47. The number of rotatable bonds is 24. The van der Waals surface area contributed by atoms with E-state index in [-0.39, 0.29) is 13.2 Å². The molecule has 0 aromatic heterocycles. The van der Waals surface area contributed by atoms with Crippen LogP contribution in [0.25, 0.3) is 0 Å². The molecule has 7 nitrogen and oxygen atoms in total. The van der Waals surface area contributed by atoms with Crippen LogP contribution in [-0.2, 0) is 23.1 Å². The van der Waals surface area contributed by atoms with Crippen LogP contribution < -0.4 is 0 Å². The molecule has 0 saturated carbocycles. The SMILES string of the molecule is CCCC/C=C\CCCC/C=C\CCCCCOC[C@H](COP(=O)(O)OCC[N+](C)(C)C)OC. The molecule has 0 heterocycles. The average Bonchev–Trinajstić information content (AvgIpc) is 2.76. The molecule has 8 heteroatoms. The van der Waals surface area contributed by atoms with Gasteiger partial charge in [0.15, 0.2) is 0 Å². The Hall–Kier alpha value is -0.530. The van der Waals surface area contributed by atoms with Gasteiger partial charge >= 0.3 is 7.82 Å². The number of hydrogen-bond donors (Lipinski definition) is 1. The highest BCUT2D eigenvalue weighted by atomic mass is 31.2. The molecule has 34 heavy (non-hydrogen) atoms. The molecule has 1 N–H and O–H groups in total. The molecular formula is C26H53NO6P+. The first-order chi connectivity index (χ1) is 16.2. The van der Waals surface area contributed by atoms with Gasteiger partial charge in [-0.3, -0.25) is 9.05 Å². The number of likely N-dealkylation sites (N-methyl/N-ethyl adjacent to an activating group) is 1. The largest absolute Gasteiger partial charge is 0.472 e. The zero-order chi connectivity index (χ0) is 25.5. The van der Waals surface area contributed by atoms with Crippen LogP contribution in [0, 0.1) is 0 Å². The standard InChI is InChI=1S/C26H52NO6P/c1-6-7-8-9-10-11-12-13-14-15-16-17-18-19-20-22-31-24-26(30-5)25-33-34(28,29)32-23-21-27(2,3)4/h9-10,15-16,26H,6-8,11-14,17-25H2,1-5H3/p+1/b10-9-,16-15-/t26-/m1/s1. The molecule has 2 atom stereocenters. The summed E-state index contributed by atoms with van der Waals surface area (Å²) in [7, 11) is 3.41. The van der Waals surface area contributed by atoms with E-state index in [4.69, 9.17) is 18.5 Å². The van der Waals surface area contributed by atoms with Crippen LogP contribution in [-0.4, -0.2) is 76.7 Å².